The Morgan fingerprint density at radius 3 is 1.68 bits per heavy atom. The molecule has 0 heterocycles. The van der Waals surface area contributed by atoms with Crippen LogP contribution in [0.2, 0.25) is 0 Å². The molecule has 1 aliphatic carbocycles. The molecular formula is C47H67N3O2S. The number of hydrogen-bond acceptors (Lipinski definition) is 5. The Labute approximate surface area is 328 Å². The average molecular weight is 738 g/mol. The highest BCUT2D eigenvalue weighted by Crippen LogP contribution is 2.40. The lowest BCUT2D eigenvalue weighted by Gasteiger charge is -2.33. The smallest absolute Gasteiger partial charge is 0.333 e. The van der Waals surface area contributed by atoms with E-state index in [1.165, 1.54) is 45.3 Å². The van der Waals surface area contributed by atoms with Crippen LogP contribution in [-0.4, -0.2) is 44.3 Å². The van der Waals surface area contributed by atoms with Crippen molar-refractivity contribution in [3.8, 4) is 0 Å². The molecule has 6 heteroatoms. The minimum Gasteiger partial charge on any atom is -0.457 e. The Balaban J connectivity index is 0.000000997. The Bertz CT molecular complexity index is 1660. The lowest BCUT2D eigenvalue weighted by Crippen LogP contribution is -2.40. The predicted octanol–water partition coefficient (Wildman–Crippen LogP) is 12.1. The van der Waals surface area contributed by atoms with E-state index < -0.39 is 0 Å². The molecular weight excluding hydrogens is 671 g/mol. The molecule has 1 aliphatic rings. The molecule has 5 nitrogen and oxygen atoms in total. The number of anilines is 3. The van der Waals surface area contributed by atoms with Crippen molar-refractivity contribution in [2.24, 2.45) is 5.41 Å². The maximum absolute atomic E-state index is 12.4. The van der Waals surface area contributed by atoms with Crippen molar-refractivity contribution in [2.45, 2.75) is 112 Å². The lowest BCUT2D eigenvalue weighted by molar-refractivity contribution is -0.146. The van der Waals surface area contributed by atoms with Gasteiger partial charge in [0.1, 0.15) is 6.10 Å². The number of ether oxygens (including phenoxy) is 1. The summed E-state index contributed by atoms with van der Waals surface area (Å²) in [5.74, 6) is -0.241. The third kappa shape index (κ3) is 11.5. The van der Waals surface area contributed by atoms with Crippen LogP contribution in [0, 0.1) is 5.41 Å². The maximum atomic E-state index is 12.4. The quantitative estimate of drug-likeness (QED) is 0.0841. The molecule has 0 aliphatic heterocycles. The summed E-state index contributed by atoms with van der Waals surface area (Å²) in [6, 6.07) is 31.6. The van der Waals surface area contributed by atoms with E-state index in [-0.39, 0.29) is 37.5 Å². The van der Waals surface area contributed by atoms with Gasteiger partial charge in [-0.15, -0.1) is 0 Å². The van der Waals surface area contributed by atoms with Crippen molar-refractivity contribution in [1.29, 1.82) is 0 Å². The first-order chi connectivity index (χ1) is 24.9. The van der Waals surface area contributed by atoms with E-state index in [0.29, 0.717) is 11.0 Å². The summed E-state index contributed by atoms with van der Waals surface area (Å²) >= 11 is 0. The summed E-state index contributed by atoms with van der Waals surface area (Å²) in [4.78, 5) is 17.2. The van der Waals surface area contributed by atoms with Crippen molar-refractivity contribution in [3.63, 3.8) is 0 Å². The fourth-order valence-corrected chi connectivity index (χ4v) is 7.03. The van der Waals surface area contributed by atoms with Crippen molar-refractivity contribution in [2.75, 3.05) is 41.3 Å². The zero-order chi connectivity index (χ0) is 37.8. The number of hydrogen-bond donors (Lipinski definition) is 1. The molecule has 4 aromatic carbocycles. The van der Waals surface area contributed by atoms with Crippen molar-refractivity contribution in [1.82, 2.24) is 0 Å². The van der Waals surface area contributed by atoms with E-state index in [4.69, 9.17) is 4.74 Å². The van der Waals surface area contributed by atoms with Gasteiger partial charge in [0, 0.05) is 60.1 Å². The first kappa shape index (κ1) is 43.5. The van der Waals surface area contributed by atoms with Gasteiger partial charge in [-0.25, -0.2) is 4.79 Å². The number of esters is 1. The number of nitrogens with zero attached hydrogens (tertiary/aromatic N) is 2. The number of fused-ring (bicyclic) bond motifs is 1. The fourth-order valence-electron chi connectivity index (χ4n) is 7.03. The van der Waals surface area contributed by atoms with Gasteiger partial charge < -0.3 is 19.9 Å². The SMILES string of the molecule is C=C(C)C(=O)OC1CCCCC1Nc1ccc(C(c2ccc(N(CC)CC)cc2)c2ccc(N(CC)CC)cc2)c2ccccc12.CCC(C)(C)C.S. The molecule has 53 heavy (non-hydrogen) atoms. The highest BCUT2D eigenvalue weighted by molar-refractivity contribution is 7.59. The van der Waals surface area contributed by atoms with Gasteiger partial charge in [-0.1, -0.05) is 102 Å². The summed E-state index contributed by atoms with van der Waals surface area (Å²) in [5.41, 5.74) is 8.40. The molecule has 1 fully saturated rings. The van der Waals surface area contributed by atoms with Crippen LogP contribution in [0.25, 0.3) is 10.8 Å². The van der Waals surface area contributed by atoms with E-state index >= 15 is 0 Å². The molecule has 0 radical (unpaired) electrons. The summed E-state index contributed by atoms with van der Waals surface area (Å²) < 4.78 is 5.90. The molecule has 0 bridgehead atoms. The molecule has 1 N–H and O–H groups in total. The van der Waals surface area contributed by atoms with Crippen molar-refractivity contribution >= 4 is 47.3 Å². The summed E-state index contributed by atoms with van der Waals surface area (Å²) in [7, 11) is 0. The van der Waals surface area contributed by atoms with Gasteiger partial charge in [0.15, 0.2) is 0 Å². The van der Waals surface area contributed by atoms with Crippen LogP contribution in [0.5, 0.6) is 0 Å². The van der Waals surface area contributed by atoms with Crippen LogP contribution in [0.3, 0.4) is 0 Å². The predicted molar refractivity (Wildman–Crippen MR) is 236 cm³/mol. The van der Waals surface area contributed by atoms with Crippen LogP contribution < -0.4 is 15.1 Å². The maximum Gasteiger partial charge on any atom is 0.333 e. The van der Waals surface area contributed by atoms with Gasteiger partial charge in [0.2, 0.25) is 0 Å². The minimum absolute atomic E-state index is 0. The second kappa shape index (κ2) is 20.5. The molecule has 288 valence electrons. The van der Waals surface area contributed by atoms with Crippen LogP contribution in [0.1, 0.15) is 117 Å². The monoisotopic (exact) mass is 737 g/mol. The Kier molecular flexibility index (Phi) is 16.8. The van der Waals surface area contributed by atoms with Crippen molar-refractivity contribution in [3.05, 3.63) is 114 Å². The molecule has 2 unspecified atom stereocenters. The van der Waals surface area contributed by atoms with Gasteiger partial charge in [0.05, 0.1) is 6.04 Å². The highest BCUT2D eigenvalue weighted by Gasteiger charge is 2.29. The van der Waals surface area contributed by atoms with E-state index in [0.717, 1.165) is 57.5 Å². The standard InChI is InChI=1S/C41H51N3O2.C6H14.H2S/c1-7-43(8-2)32-23-19-30(20-24-32)40(31-21-25-33(26-22-31)44(9-3)10-4)36-27-28-37(35-16-12-11-15-34(35)36)42-38-17-13-14-18-39(38)46-41(45)29(5)6;1-5-6(2,3)4;/h11-12,15-16,19-28,38-40,42H,5,7-10,13-14,17-18H2,1-4,6H3;5H2,1-4H3;1H2. The molecule has 0 saturated heterocycles. The van der Waals surface area contributed by atoms with Gasteiger partial charge in [-0.2, -0.15) is 13.5 Å². The summed E-state index contributed by atoms with van der Waals surface area (Å²) in [5, 5.41) is 6.22. The molecule has 2 atom stereocenters. The zero-order valence-electron chi connectivity index (χ0n) is 34.1. The van der Waals surface area contributed by atoms with Crippen LogP contribution >= 0.6 is 13.5 Å². The zero-order valence-corrected chi connectivity index (χ0v) is 35.1. The first-order valence-electron chi connectivity index (χ1n) is 19.8. The minimum atomic E-state index is -0.305. The lowest BCUT2D eigenvalue weighted by atomic mass is 9.82. The van der Waals surface area contributed by atoms with E-state index in [9.17, 15) is 4.79 Å². The average Bonchev–Trinajstić information content (AvgIpc) is 3.15. The van der Waals surface area contributed by atoms with Crippen LogP contribution in [0.4, 0.5) is 17.1 Å². The highest BCUT2D eigenvalue weighted by atomic mass is 32.1. The second-order valence-electron chi connectivity index (χ2n) is 15.4. The third-order valence-electron chi connectivity index (χ3n) is 10.7. The van der Waals surface area contributed by atoms with E-state index in [1.807, 2.05) is 0 Å². The van der Waals surface area contributed by atoms with Gasteiger partial charge in [-0.3, -0.25) is 0 Å². The number of benzene rings is 4. The Morgan fingerprint density at radius 2 is 1.23 bits per heavy atom. The Morgan fingerprint density at radius 1 is 0.755 bits per heavy atom. The fraction of sp³-hybridized carbons (Fsp3) is 0.468. The number of carbonyl (C=O) groups excluding carboxylic acids is 1. The molecule has 0 spiro atoms. The molecule has 5 rings (SSSR count). The molecule has 0 amide bonds. The van der Waals surface area contributed by atoms with Gasteiger partial charge >= 0.3 is 5.97 Å². The first-order valence-corrected chi connectivity index (χ1v) is 19.8. The summed E-state index contributed by atoms with van der Waals surface area (Å²) in [6.45, 7) is 27.2. The Hall–Kier alpha value is -3.90. The third-order valence-corrected chi connectivity index (χ3v) is 10.7. The molecule has 4 aromatic rings. The molecule has 1 saturated carbocycles. The normalized spacial score (nSPS) is 15.5. The van der Waals surface area contributed by atoms with Crippen LogP contribution in [-0.2, 0) is 9.53 Å². The topological polar surface area (TPSA) is 44.8 Å². The van der Waals surface area contributed by atoms with E-state index in [1.54, 1.807) is 6.92 Å². The number of nitrogens with one attached hydrogen (secondary N) is 1. The van der Waals surface area contributed by atoms with Crippen molar-refractivity contribution < 1.29 is 9.53 Å². The largest absolute Gasteiger partial charge is 0.457 e. The second-order valence-corrected chi connectivity index (χ2v) is 15.4. The van der Waals surface area contributed by atoms with E-state index in [2.05, 4.69) is 162 Å². The van der Waals surface area contributed by atoms with Gasteiger partial charge in [-0.05, 0) is 112 Å². The van der Waals surface area contributed by atoms with Crippen LogP contribution in [0.15, 0.2) is 97.1 Å². The summed E-state index contributed by atoms with van der Waals surface area (Å²) in [6.07, 6.45) is 5.11. The molecule has 0 aromatic heterocycles. The number of carbonyl (C=O) groups is 1. The number of rotatable bonds is 13. The van der Waals surface area contributed by atoms with Gasteiger partial charge in [0.25, 0.3) is 0 Å².